The second-order valence-corrected chi connectivity index (χ2v) is 5.32. The maximum atomic E-state index is 13.1. The van der Waals surface area contributed by atoms with Crippen molar-refractivity contribution in [3.8, 4) is 0 Å². The van der Waals surface area contributed by atoms with Crippen LogP contribution in [0, 0.1) is 5.82 Å². The van der Waals surface area contributed by atoms with E-state index in [2.05, 4.69) is 10.3 Å². The van der Waals surface area contributed by atoms with E-state index < -0.39 is 17.6 Å². The maximum Gasteiger partial charge on any atom is 0.416 e. The Kier molecular flexibility index (Phi) is 3.90. The average molecular weight is 313 g/mol. The van der Waals surface area contributed by atoms with Gasteiger partial charge in [-0.25, -0.2) is 9.37 Å². The van der Waals surface area contributed by atoms with Crippen molar-refractivity contribution in [2.75, 3.05) is 13.1 Å². The molecule has 0 fully saturated rings. The molecule has 0 amide bonds. The fourth-order valence-electron chi connectivity index (χ4n) is 2.68. The molecular formula is C15H15F4N3. The largest absolute Gasteiger partial charge is 0.416 e. The smallest absolute Gasteiger partial charge is 0.333 e. The van der Waals surface area contributed by atoms with Gasteiger partial charge in [0.1, 0.15) is 11.6 Å². The molecule has 1 aliphatic rings. The molecule has 0 aliphatic carbocycles. The molecule has 1 N–H and O–H groups in total. The lowest BCUT2D eigenvalue weighted by Gasteiger charge is -2.12. The molecule has 0 saturated heterocycles. The molecule has 1 aliphatic heterocycles. The van der Waals surface area contributed by atoms with E-state index in [1.807, 2.05) is 4.57 Å². The molecule has 0 spiro atoms. The number of benzene rings is 1. The Morgan fingerprint density at radius 1 is 1.23 bits per heavy atom. The van der Waals surface area contributed by atoms with Crippen LogP contribution >= 0.6 is 0 Å². The van der Waals surface area contributed by atoms with E-state index in [0.717, 1.165) is 37.9 Å². The summed E-state index contributed by atoms with van der Waals surface area (Å²) in [5, 5.41) is 3.23. The van der Waals surface area contributed by atoms with Crippen LogP contribution in [0.3, 0.4) is 0 Å². The minimum absolute atomic E-state index is 0.0419. The number of fused-ring (bicyclic) bond motifs is 1. The first-order valence-corrected chi connectivity index (χ1v) is 7.05. The summed E-state index contributed by atoms with van der Waals surface area (Å²) in [6.07, 6.45) is -2.00. The Bertz CT molecular complexity index is 652. The molecule has 1 aromatic heterocycles. The zero-order chi connectivity index (χ0) is 15.7. The summed E-state index contributed by atoms with van der Waals surface area (Å²) < 4.78 is 54.1. The number of nitrogens with zero attached hydrogens (tertiary/aromatic N) is 2. The predicted octanol–water partition coefficient (Wildman–Crippen LogP) is 2.78. The Morgan fingerprint density at radius 2 is 2.05 bits per heavy atom. The van der Waals surface area contributed by atoms with Gasteiger partial charge in [0.2, 0.25) is 0 Å². The summed E-state index contributed by atoms with van der Waals surface area (Å²) in [4.78, 5) is 4.41. The SMILES string of the molecule is Fc1ccc(Cc2cn3c(n2)CCNCC3)c(C(F)(F)F)c1. The average Bonchev–Trinajstić information content (AvgIpc) is 2.69. The van der Waals surface area contributed by atoms with E-state index in [1.54, 1.807) is 6.20 Å². The van der Waals surface area contributed by atoms with Crippen LogP contribution in [0.25, 0.3) is 0 Å². The normalized spacial score (nSPS) is 15.5. The number of aromatic nitrogens is 2. The zero-order valence-corrected chi connectivity index (χ0v) is 11.8. The van der Waals surface area contributed by atoms with Crippen molar-refractivity contribution >= 4 is 0 Å². The molecule has 3 rings (SSSR count). The van der Waals surface area contributed by atoms with Crippen molar-refractivity contribution < 1.29 is 17.6 Å². The third kappa shape index (κ3) is 3.14. The fourth-order valence-corrected chi connectivity index (χ4v) is 2.68. The van der Waals surface area contributed by atoms with Gasteiger partial charge in [0.05, 0.1) is 11.3 Å². The van der Waals surface area contributed by atoms with Crippen LogP contribution in [0.1, 0.15) is 22.6 Å². The van der Waals surface area contributed by atoms with Gasteiger partial charge in [-0.2, -0.15) is 13.2 Å². The number of rotatable bonds is 2. The highest BCUT2D eigenvalue weighted by molar-refractivity contribution is 5.33. The van der Waals surface area contributed by atoms with Crippen LogP contribution in [-0.4, -0.2) is 22.6 Å². The Labute approximate surface area is 125 Å². The van der Waals surface area contributed by atoms with Gasteiger partial charge in [-0.15, -0.1) is 0 Å². The molecule has 0 atom stereocenters. The predicted molar refractivity (Wildman–Crippen MR) is 73.0 cm³/mol. The maximum absolute atomic E-state index is 13.1. The summed E-state index contributed by atoms with van der Waals surface area (Å²) in [6.45, 7) is 2.37. The summed E-state index contributed by atoms with van der Waals surface area (Å²) in [7, 11) is 0. The minimum Gasteiger partial charge on any atom is -0.333 e. The van der Waals surface area contributed by atoms with E-state index in [0.29, 0.717) is 11.8 Å². The highest BCUT2D eigenvalue weighted by atomic mass is 19.4. The summed E-state index contributed by atoms with van der Waals surface area (Å²) in [5.41, 5.74) is -0.313. The fraction of sp³-hybridized carbons (Fsp3) is 0.400. The molecule has 7 heteroatoms. The molecule has 2 aromatic rings. The van der Waals surface area contributed by atoms with Gasteiger partial charge < -0.3 is 9.88 Å². The molecule has 118 valence electrons. The first-order chi connectivity index (χ1) is 10.4. The van der Waals surface area contributed by atoms with Crippen LogP contribution < -0.4 is 5.32 Å². The number of hydrogen-bond acceptors (Lipinski definition) is 2. The lowest BCUT2D eigenvalue weighted by Crippen LogP contribution is -2.17. The van der Waals surface area contributed by atoms with Gasteiger partial charge in [0.25, 0.3) is 0 Å². The van der Waals surface area contributed by atoms with Gasteiger partial charge >= 0.3 is 6.18 Å². The van der Waals surface area contributed by atoms with Gasteiger partial charge in [0.15, 0.2) is 0 Å². The lowest BCUT2D eigenvalue weighted by atomic mass is 10.0. The molecule has 22 heavy (non-hydrogen) atoms. The molecular weight excluding hydrogens is 298 g/mol. The molecule has 1 aromatic carbocycles. The number of hydrogen-bond donors (Lipinski definition) is 1. The minimum atomic E-state index is -4.57. The standard InChI is InChI=1S/C15H15F4N3/c16-11-2-1-10(13(8-11)15(17,18)19)7-12-9-22-6-5-20-4-3-14(22)21-12/h1-2,8-9,20H,3-7H2. The van der Waals surface area contributed by atoms with Crippen LogP contribution in [0.2, 0.25) is 0 Å². The van der Waals surface area contributed by atoms with Crippen molar-refractivity contribution in [2.45, 2.75) is 25.6 Å². The van der Waals surface area contributed by atoms with Gasteiger partial charge in [0, 0.05) is 38.7 Å². The van der Waals surface area contributed by atoms with Gasteiger partial charge in [-0.1, -0.05) is 6.07 Å². The number of nitrogens with one attached hydrogen (secondary N) is 1. The Morgan fingerprint density at radius 3 is 2.82 bits per heavy atom. The van der Waals surface area contributed by atoms with Gasteiger partial charge in [-0.05, 0) is 17.7 Å². The van der Waals surface area contributed by atoms with Gasteiger partial charge in [-0.3, -0.25) is 0 Å². The highest BCUT2D eigenvalue weighted by Gasteiger charge is 2.33. The topological polar surface area (TPSA) is 29.9 Å². The van der Waals surface area contributed by atoms with Crippen molar-refractivity contribution in [1.29, 1.82) is 0 Å². The van der Waals surface area contributed by atoms with Crippen molar-refractivity contribution in [2.24, 2.45) is 0 Å². The molecule has 3 nitrogen and oxygen atoms in total. The van der Waals surface area contributed by atoms with Crippen molar-refractivity contribution in [3.63, 3.8) is 0 Å². The summed E-state index contributed by atoms with van der Waals surface area (Å²) >= 11 is 0. The van der Waals surface area contributed by atoms with Crippen LogP contribution in [0.15, 0.2) is 24.4 Å². The van der Waals surface area contributed by atoms with E-state index in [9.17, 15) is 17.6 Å². The quantitative estimate of drug-likeness (QED) is 0.864. The van der Waals surface area contributed by atoms with Crippen LogP contribution in [0.5, 0.6) is 0 Å². The molecule has 0 saturated carbocycles. The van der Waals surface area contributed by atoms with Crippen LogP contribution in [-0.2, 0) is 25.6 Å². The second-order valence-electron chi connectivity index (χ2n) is 5.32. The first kappa shape index (κ1) is 15.0. The summed E-state index contributed by atoms with van der Waals surface area (Å²) in [5.74, 6) is -0.0153. The Hall–Kier alpha value is -1.89. The number of alkyl halides is 3. The molecule has 0 unspecified atom stereocenters. The number of halogens is 4. The number of imidazole rings is 1. The van der Waals surface area contributed by atoms with E-state index in [4.69, 9.17) is 0 Å². The molecule has 0 radical (unpaired) electrons. The monoisotopic (exact) mass is 313 g/mol. The first-order valence-electron chi connectivity index (χ1n) is 7.05. The third-order valence-corrected chi connectivity index (χ3v) is 3.71. The lowest BCUT2D eigenvalue weighted by molar-refractivity contribution is -0.138. The van der Waals surface area contributed by atoms with Crippen LogP contribution in [0.4, 0.5) is 17.6 Å². The highest BCUT2D eigenvalue weighted by Crippen LogP contribution is 2.33. The summed E-state index contributed by atoms with van der Waals surface area (Å²) in [6, 6.07) is 2.78. The van der Waals surface area contributed by atoms with Crippen molar-refractivity contribution in [3.05, 3.63) is 52.9 Å². The van der Waals surface area contributed by atoms with E-state index >= 15 is 0 Å². The van der Waals surface area contributed by atoms with E-state index in [1.165, 1.54) is 6.07 Å². The molecule has 0 bridgehead atoms. The zero-order valence-electron chi connectivity index (χ0n) is 11.8. The van der Waals surface area contributed by atoms with Crippen molar-refractivity contribution in [1.82, 2.24) is 14.9 Å². The van der Waals surface area contributed by atoms with E-state index in [-0.39, 0.29) is 12.0 Å². The second kappa shape index (κ2) is 5.72. The third-order valence-electron chi connectivity index (χ3n) is 3.71. The molecule has 2 heterocycles. The Balaban J connectivity index is 1.90.